The van der Waals surface area contributed by atoms with Gasteiger partial charge in [0.25, 0.3) is 0 Å². The first-order chi connectivity index (χ1) is 8.33. The number of rotatable bonds is 3. The van der Waals surface area contributed by atoms with Crippen LogP contribution in [0.15, 0.2) is 53.5 Å². The SMILES string of the molecule is ClC/C=N/c1ccccc1-c1ccccc1Cl. The lowest BCUT2D eigenvalue weighted by atomic mass is 10.0. The van der Waals surface area contributed by atoms with Gasteiger partial charge in [-0.05, 0) is 12.1 Å². The second-order valence-electron chi connectivity index (χ2n) is 3.46. The van der Waals surface area contributed by atoms with Gasteiger partial charge in [0, 0.05) is 22.4 Å². The molecule has 0 aromatic heterocycles. The second-order valence-corrected chi connectivity index (χ2v) is 4.18. The molecular weight excluding hydrogens is 253 g/mol. The molecule has 0 bridgehead atoms. The summed E-state index contributed by atoms with van der Waals surface area (Å²) in [4.78, 5) is 4.33. The van der Waals surface area contributed by atoms with Crippen LogP contribution in [-0.2, 0) is 0 Å². The largest absolute Gasteiger partial charge is 0.259 e. The molecule has 3 heteroatoms. The number of para-hydroxylation sites is 1. The first-order valence-electron chi connectivity index (χ1n) is 5.25. The molecule has 2 aromatic rings. The predicted molar refractivity (Wildman–Crippen MR) is 75.8 cm³/mol. The number of nitrogens with zero attached hydrogens (tertiary/aromatic N) is 1. The van der Waals surface area contributed by atoms with E-state index < -0.39 is 0 Å². The van der Waals surface area contributed by atoms with Crippen LogP contribution in [0.1, 0.15) is 0 Å². The third-order valence-electron chi connectivity index (χ3n) is 2.37. The Balaban J connectivity index is 2.52. The van der Waals surface area contributed by atoms with Gasteiger partial charge in [-0.1, -0.05) is 48.0 Å². The number of benzene rings is 2. The highest BCUT2D eigenvalue weighted by molar-refractivity contribution is 6.33. The number of hydrogen-bond acceptors (Lipinski definition) is 1. The average molecular weight is 264 g/mol. The molecule has 0 N–H and O–H groups in total. The molecule has 1 nitrogen and oxygen atoms in total. The molecule has 0 atom stereocenters. The maximum absolute atomic E-state index is 6.19. The van der Waals surface area contributed by atoms with Gasteiger partial charge in [-0.25, -0.2) is 0 Å². The molecule has 0 saturated carbocycles. The number of aliphatic imine (C=N–C) groups is 1. The maximum Gasteiger partial charge on any atom is 0.0705 e. The summed E-state index contributed by atoms with van der Waals surface area (Å²) in [7, 11) is 0. The molecular formula is C14H11Cl2N. The van der Waals surface area contributed by atoms with Crippen molar-refractivity contribution < 1.29 is 0 Å². The zero-order valence-corrected chi connectivity index (χ0v) is 10.6. The van der Waals surface area contributed by atoms with Gasteiger partial charge in [0.15, 0.2) is 0 Å². The Labute approximate surface area is 111 Å². The highest BCUT2D eigenvalue weighted by Crippen LogP contribution is 2.34. The van der Waals surface area contributed by atoms with Crippen LogP contribution in [-0.4, -0.2) is 12.1 Å². The van der Waals surface area contributed by atoms with Gasteiger partial charge in [0.2, 0.25) is 0 Å². The van der Waals surface area contributed by atoms with Gasteiger partial charge in [-0.15, -0.1) is 11.6 Å². The van der Waals surface area contributed by atoms with Gasteiger partial charge in [-0.3, -0.25) is 4.99 Å². The van der Waals surface area contributed by atoms with Gasteiger partial charge >= 0.3 is 0 Å². The Hall–Kier alpha value is -1.31. The van der Waals surface area contributed by atoms with E-state index in [1.165, 1.54) is 0 Å². The maximum atomic E-state index is 6.19. The number of hydrogen-bond donors (Lipinski definition) is 0. The molecule has 2 rings (SSSR count). The van der Waals surface area contributed by atoms with Crippen molar-refractivity contribution in [2.45, 2.75) is 0 Å². The smallest absolute Gasteiger partial charge is 0.0705 e. The van der Waals surface area contributed by atoms with E-state index in [4.69, 9.17) is 23.2 Å². The Morgan fingerprint density at radius 3 is 2.29 bits per heavy atom. The Bertz CT molecular complexity index is 535. The summed E-state index contributed by atoms with van der Waals surface area (Å²) in [5, 5.41) is 0.723. The van der Waals surface area contributed by atoms with E-state index in [-0.39, 0.29) is 0 Å². The minimum Gasteiger partial charge on any atom is -0.259 e. The molecule has 2 aromatic carbocycles. The third kappa shape index (κ3) is 2.87. The van der Waals surface area contributed by atoms with Crippen molar-refractivity contribution >= 4 is 35.1 Å². The highest BCUT2D eigenvalue weighted by atomic mass is 35.5. The van der Waals surface area contributed by atoms with Crippen LogP contribution >= 0.6 is 23.2 Å². The Morgan fingerprint density at radius 1 is 0.941 bits per heavy atom. The van der Waals surface area contributed by atoms with Gasteiger partial charge in [-0.2, -0.15) is 0 Å². The molecule has 0 radical (unpaired) electrons. The first kappa shape index (κ1) is 12.2. The topological polar surface area (TPSA) is 12.4 Å². The minimum atomic E-state index is 0.400. The lowest BCUT2D eigenvalue weighted by molar-refractivity contribution is 1.51. The van der Waals surface area contributed by atoms with Crippen LogP contribution in [0.5, 0.6) is 0 Å². The van der Waals surface area contributed by atoms with Crippen molar-refractivity contribution in [1.82, 2.24) is 0 Å². The summed E-state index contributed by atoms with van der Waals surface area (Å²) >= 11 is 11.8. The Morgan fingerprint density at radius 2 is 1.59 bits per heavy atom. The van der Waals surface area contributed by atoms with Crippen molar-refractivity contribution in [2.24, 2.45) is 4.99 Å². The third-order valence-corrected chi connectivity index (χ3v) is 2.84. The normalized spacial score (nSPS) is 10.9. The number of alkyl halides is 1. The van der Waals surface area contributed by atoms with E-state index in [0.29, 0.717) is 5.88 Å². The summed E-state index contributed by atoms with van der Waals surface area (Å²) in [6.45, 7) is 0. The van der Waals surface area contributed by atoms with Crippen molar-refractivity contribution in [3.8, 4) is 11.1 Å². The molecule has 0 amide bonds. The van der Waals surface area contributed by atoms with Crippen LogP contribution in [0.2, 0.25) is 5.02 Å². The lowest BCUT2D eigenvalue weighted by Crippen LogP contribution is -1.81. The van der Waals surface area contributed by atoms with Gasteiger partial charge in [0.05, 0.1) is 11.6 Å². The first-order valence-corrected chi connectivity index (χ1v) is 6.16. The molecule has 0 aliphatic heterocycles. The van der Waals surface area contributed by atoms with E-state index in [1.54, 1.807) is 6.21 Å². The van der Waals surface area contributed by atoms with Crippen LogP contribution in [0.25, 0.3) is 11.1 Å². The molecule has 0 aliphatic rings. The lowest BCUT2D eigenvalue weighted by Gasteiger charge is -2.07. The minimum absolute atomic E-state index is 0.400. The van der Waals surface area contributed by atoms with Crippen LogP contribution < -0.4 is 0 Å². The standard InChI is InChI=1S/C14H11Cl2N/c15-9-10-17-14-8-4-2-6-12(14)11-5-1-3-7-13(11)16/h1-8,10H,9H2/b17-10+. The summed E-state index contributed by atoms with van der Waals surface area (Å²) in [6, 6.07) is 15.6. The van der Waals surface area contributed by atoms with Crippen LogP contribution in [0.3, 0.4) is 0 Å². The predicted octanol–water partition coefficient (Wildman–Crippen LogP) is 4.95. The molecule has 0 heterocycles. The van der Waals surface area contributed by atoms with Crippen molar-refractivity contribution in [1.29, 1.82) is 0 Å². The molecule has 86 valence electrons. The zero-order chi connectivity index (χ0) is 12.1. The monoisotopic (exact) mass is 263 g/mol. The summed E-state index contributed by atoms with van der Waals surface area (Å²) < 4.78 is 0. The van der Waals surface area contributed by atoms with E-state index in [0.717, 1.165) is 21.8 Å². The van der Waals surface area contributed by atoms with Gasteiger partial charge < -0.3 is 0 Å². The molecule has 0 spiro atoms. The number of halogens is 2. The van der Waals surface area contributed by atoms with E-state index in [9.17, 15) is 0 Å². The van der Waals surface area contributed by atoms with Crippen molar-refractivity contribution in [3.63, 3.8) is 0 Å². The second kappa shape index (κ2) is 5.85. The quantitative estimate of drug-likeness (QED) is 0.549. The van der Waals surface area contributed by atoms with Gasteiger partial charge in [0.1, 0.15) is 0 Å². The van der Waals surface area contributed by atoms with E-state index >= 15 is 0 Å². The fraction of sp³-hybridized carbons (Fsp3) is 0.0714. The fourth-order valence-electron chi connectivity index (χ4n) is 1.63. The highest BCUT2D eigenvalue weighted by Gasteiger charge is 2.06. The molecule has 17 heavy (non-hydrogen) atoms. The summed E-state index contributed by atoms with van der Waals surface area (Å²) in [6.07, 6.45) is 1.68. The molecule has 0 aliphatic carbocycles. The molecule has 0 fully saturated rings. The average Bonchev–Trinajstić information content (AvgIpc) is 2.37. The zero-order valence-electron chi connectivity index (χ0n) is 9.11. The van der Waals surface area contributed by atoms with Crippen molar-refractivity contribution in [3.05, 3.63) is 53.6 Å². The molecule has 0 saturated heterocycles. The Kier molecular flexibility index (Phi) is 4.18. The van der Waals surface area contributed by atoms with E-state index in [1.807, 2.05) is 48.5 Å². The van der Waals surface area contributed by atoms with Crippen LogP contribution in [0.4, 0.5) is 5.69 Å². The summed E-state index contributed by atoms with van der Waals surface area (Å²) in [5.41, 5.74) is 2.87. The summed E-state index contributed by atoms with van der Waals surface area (Å²) in [5.74, 6) is 0.400. The molecule has 0 unspecified atom stereocenters. The van der Waals surface area contributed by atoms with E-state index in [2.05, 4.69) is 4.99 Å². The fourth-order valence-corrected chi connectivity index (χ4v) is 1.93. The van der Waals surface area contributed by atoms with Crippen LogP contribution in [0, 0.1) is 0 Å². The van der Waals surface area contributed by atoms with Crippen molar-refractivity contribution in [2.75, 3.05) is 5.88 Å².